The fourth-order valence-corrected chi connectivity index (χ4v) is 4.91. The minimum atomic E-state index is 1.20. The molecule has 0 bridgehead atoms. The van der Waals surface area contributed by atoms with E-state index in [2.05, 4.69) is 172 Å². The zero-order chi connectivity index (χ0) is 27.3. The Morgan fingerprint density at radius 3 is 0.775 bits per heavy atom. The maximum atomic E-state index is 2.26. The summed E-state index contributed by atoms with van der Waals surface area (Å²) in [4.78, 5) is 0. The van der Waals surface area contributed by atoms with E-state index in [1.54, 1.807) is 0 Å². The van der Waals surface area contributed by atoms with Gasteiger partial charge in [0.15, 0.2) is 0 Å². The average Bonchev–Trinajstić information content (AvgIpc) is 2.99. The van der Waals surface area contributed by atoms with E-state index in [-0.39, 0.29) is 0 Å². The van der Waals surface area contributed by atoms with Crippen LogP contribution in [0.15, 0.2) is 121 Å². The molecule has 6 rings (SSSR count). The lowest BCUT2D eigenvalue weighted by atomic mass is 10.0. The second-order valence-electron chi connectivity index (χ2n) is 10.6. The van der Waals surface area contributed by atoms with Gasteiger partial charge in [-0.2, -0.15) is 0 Å². The zero-order valence-electron chi connectivity index (χ0n) is 23.0. The predicted octanol–water partition coefficient (Wildman–Crippen LogP) is 11.1. The molecule has 0 saturated heterocycles. The van der Waals surface area contributed by atoms with E-state index < -0.39 is 0 Å². The van der Waals surface area contributed by atoms with Crippen molar-refractivity contribution in [3.05, 3.63) is 166 Å². The quantitative estimate of drug-likeness (QED) is 0.195. The number of hydrogen-bond donors (Lipinski definition) is 0. The molecule has 0 aliphatic carbocycles. The molecule has 0 unspecified atom stereocenters. The van der Waals surface area contributed by atoms with Gasteiger partial charge in [0.05, 0.1) is 0 Å². The van der Waals surface area contributed by atoms with Crippen molar-refractivity contribution in [3.8, 4) is 0 Å². The van der Waals surface area contributed by atoms with Gasteiger partial charge in [-0.25, -0.2) is 0 Å². The van der Waals surface area contributed by atoms with Crippen LogP contribution in [-0.2, 0) is 0 Å². The summed E-state index contributed by atoms with van der Waals surface area (Å²) in [5, 5.41) is 5.00. The van der Waals surface area contributed by atoms with E-state index in [9.17, 15) is 0 Å². The number of rotatable bonds is 6. The molecule has 0 spiro atoms. The molecular weight excluding hydrogens is 480 g/mol. The van der Waals surface area contributed by atoms with E-state index >= 15 is 0 Å². The highest BCUT2D eigenvalue weighted by Gasteiger charge is 1.99. The van der Waals surface area contributed by atoms with E-state index in [0.717, 1.165) is 0 Å². The van der Waals surface area contributed by atoms with E-state index in [0.29, 0.717) is 0 Å². The van der Waals surface area contributed by atoms with Crippen molar-refractivity contribution in [2.24, 2.45) is 0 Å². The number of aryl methyl sites for hydroxylation is 2. The second-order valence-corrected chi connectivity index (χ2v) is 10.6. The molecular formula is C40H32. The third-order valence-corrected chi connectivity index (χ3v) is 7.34. The summed E-state index contributed by atoms with van der Waals surface area (Å²) in [6, 6.07) is 43.8. The highest BCUT2D eigenvalue weighted by molar-refractivity contribution is 5.91. The fourth-order valence-electron chi connectivity index (χ4n) is 4.91. The third-order valence-electron chi connectivity index (χ3n) is 7.34. The number of benzene rings is 6. The molecule has 0 heterocycles. The predicted molar refractivity (Wildman–Crippen MR) is 177 cm³/mol. The first kappa shape index (κ1) is 25.3. The lowest BCUT2D eigenvalue weighted by Crippen LogP contribution is -1.80. The molecule has 6 aromatic carbocycles. The summed E-state index contributed by atoms with van der Waals surface area (Å²) in [5.41, 5.74) is 9.82. The molecule has 0 radical (unpaired) electrons. The molecule has 0 heteroatoms. The first-order chi connectivity index (χ1) is 19.6. The number of hydrogen-bond acceptors (Lipinski definition) is 0. The molecule has 0 fully saturated rings. The summed E-state index contributed by atoms with van der Waals surface area (Å²) >= 11 is 0. The van der Waals surface area contributed by atoms with Gasteiger partial charge in [-0.05, 0) is 93.0 Å². The molecule has 40 heavy (non-hydrogen) atoms. The molecule has 0 aliphatic rings. The molecule has 0 N–H and O–H groups in total. The smallest absolute Gasteiger partial charge is 0.0178 e. The van der Waals surface area contributed by atoms with Gasteiger partial charge >= 0.3 is 0 Å². The first-order valence-electron chi connectivity index (χ1n) is 13.8. The van der Waals surface area contributed by atoms with E-state index in [1.807, 2.05) is 0 Å². The monoisotopic (exact) mass is 512 g/mol. The highest BCUT2D eigenvalue weighted by Crippen LogP contribution is 2.23. The van der Waals surface area contributed by atoms with E-state index in [1.165, 1.54) is 66.1 Å². The Hall–Kier alpha value is -4.94. The van der Waals surface area contributed by atoms with Crippen LogP contribution in [0.3, 0.4) is 0 Å². The van der Waals surface area contributed by atoms with Crippen LogP contribution < -0.4 is 0 Å². The van der Waals surface area contributed by atoms with Crippen LogP contribution in [0, 0.1) is 13.8 Å². The lowest BCUT2D eigenvalue weighted by molar-refractivity contribution is 1.46. The van der Waals surface area contributed by atoms with Crippen LogP contribution in [0.5, 0.6) is 0 Å². The van der Waals surface area contributed by atoms with Crippen LogP contribution in [0.1, 0.15) is 44.5 Å². The van der Waals surface area contributed by atoms with Crippen molar-refractivity contribution in [3.63, 3.8) is 0 Å². The third kappa shape index (κ3) is 6.20. The highest BCUT2D eigenvalue weighted by atomic mass is 14.0. The zero-order valence-corrected chi connectivity index (χ0v) is 23.0. The molecule has 0 atom stereocenters. The maximum Gasteiger partial charge on any atom is -0.0178 e. The second kappa shape index (κ2) is 11.4. The molecule has 192 valence electrons. The molecule has 0 amide bonds. The summed E-state index contributed by atoms with van der Waals surface area (Å²) in [7, 11) is 0. The fraction of sp³-hybridized carbons (Fsp3) is 0.0500. The molecule has 0 aromatic heterocycles. The van der Waals surface area contributed by atoms with Gasteiger partial charge < -0.3 is 0 Å². The summed E-state index contributed by atoms with van der Waals surface area (Å²) in [6.45, 7) is 4.23. The molecule has 0 nitrogen and oxygen atoms in total. The van der Waals surface area contributed by atoms with Crippen molar-refractivity contribution in [2.75, 3.05) is 0 Å². The van der Waals surface area contributed by atoms with Crippen LogP contribution in [0.2, 0.25) is 0 Å². The van der Waals surface area contributed by atoms with Crippen molar-refractivity contribution in [1.29, 1.82) is 0 Å². The summed E-state index contributed by atoms with van der Waals surface area (Å²) < 4.78 is 0. The minimum absolute atomic E-state index is 1.20. The molecule has 0 aliphatic heterocycles. The Bertz CT molecular complexity index is 1740. The van der Waals surface area contributed by atoms with Gasteiger partial charge in [-0.3, -0.25) is 0 Å². The van der Waals surface area contributed by atoms with Gasteiger partial charge in [0.1, 0.15) is 0 Å². The summed E-state index contributed by atoms with van der Waals surface area (Å²) in [6.07, 6.45) is 13.1. The van der Waals surface area contributed by atoms with Crippen molar-refractivity contribution in [1.82, 2.24) is 0 Å². The normalized spacial score (nSPS) is 11.9. The Morgan fingerprint density at radius 1 is 0.275 bits per heavy atom. The Kier molecular flexibility index (Phi) is 7.24. The van der Waals surface area contributed by atoms with Gasteiger partial charge in [-0.15, -0.1) is 0 Å². The van der Waals surface area contributed by atoms with Gasteiger partial charge in [-0.1, -0.05) is 145 Å². The topological polar surface area (TPSA) is 0 Å². The first-order valence-corrected chi connectivity index (χ1v) is 13.8. The Morgan fingerprint density at radius 2 is 0.500 bits per heavy atom. The van der Waals surface area contributed by atoms with Gasteiger partial charge in [0, 0.05) is 0 Å². The van der Waals surface area contributed by atoms with Crippen molar-refractivity contribution < 1.29 is 0 Å². The van der Waals surface area contributed by atoms with E-state index in [4.69, 9.17) is 0 Å². The number of fused-ring (bicyclic) bond motifs is 2. The Balaban J connectivity index is 1.15. The SMILES string of the molecule is Cc1ccc(/C=C/c2ccc3cc(/C=C/c4ccc5cc(/C=C/c6ccc(C)cc6)ccc5c4)ccc3c2)cc1. The molecule has 0 saturated carbocycles. The van der Waals surface area contributed by atoms with Crippen LogP contribution in [-0.4, -0.2) is 0 Å². The van der Waals surface area contributed by atoms with Gasteiger partial charge in [0.2, 0.25) is 0 Å². The van der Waals surface area contributed by atoms with Crippen molar-refractivity contribution >= 4 is 58.0 Å². The minimum Gasteiger partial charge on any atom is -0.0587 e. The van der Waals surface area contributed by atoms with Crippen LogP contribution in [0.25, 0.3) is 58.0 Å². The molecule has 6 aromatic rings. The largest absolute Gasteiger partial charge is 0.0587 e. The van der Waals surface area contributed by atoms with Crippen molar-refractivity contribution in [2.45, 2.75) is 13.8 Å². The summed E-state index contributed by atoms with van der Waals surface area (Å²) in [5.74, 6) is 0. The lowest BCUT2D eigenvalue weighted by Gasteiger charge is -2.04. The van der Waals surface area contributed by atoms with Crippen LogP contribution >= 0.6 is 0 Å². The van der Waals surface area contributed by atoms with Gasteiger partial charge in [0.25, 0.3) is 0 Å². The Labute approximate surface area is 237 Å². The standard InChI is InChI=1S/C40H32/c1-29-3-7-31(8-4-29)11-13-33-17-21-39-27-35(19-23-37(39)25-33)15-16-36-20-24-38-26-34(18-22-40(38)28-36)14-12-32-9-5-30(2)6-10-32/h3-28H,1-2H3/b13-11+,14-12+,16-15+. The van der Waals surface area contributed by atoms with Crippen LogP contribution in [0.4, 0.5) is 0 Å². The maximum absolute atomic E-state index is 2.26. The average molecular weight is 513 g/mol.